The molecular formula is C17H18ClNO3. The fourth-order valence-electron chi connectivity index (χ4n) is 1.93. The molecule has 0 fully saturated rings. The summed E-state index contributed by atoms with van der Waals surface area (Å²) in [5.74, 6) is 1.15. The predicted octanol–water partition coefficient (Wildman–Crippen LogP) is 4.14. The van der Waals surface area contributed by atoms with Crippen LogP contribution in [-0.2, 0) is 4.79 Å². The van der Waals surface area contributed by atoms with Crippen LogP contribution in [0, 0.1) is 0 Å². The molecule has 0 aliphatic carbocycles. The van der Waals surface area contributed by atoms with Crippen molar-refractivity contribution in [2.75, 3.05) is 12.4 Å². The first-order valence-electron chi connectivity index (χ1n) is 6.99. The molecule has 0 aliphatic heterocycles. The van der Waals surface area contributed by atoms with Gasteiger partial charge in [-0.3, -0.25) is 4.79 Å². The summed E-state index contributed by atoms with van der Waals surface area (Å²) in [7, 11) is 1.60. The second-order valence-electron chi connectivity index (χ2n) is 4.69. The van der Waals surface area contributed by atoms with Gasteiger partial charge in [0.05, 0.1) is 7.11 Å². The molecule has 2 aromatic carbocycles. The minimum atomic E-state index is -0.577. The first-order valence-corrected chi connectivity index (χ1v) is 7.37. The molecule has 0 aromatic heterocycles. The van der Waals surface area contributed by atoms with E-state index < -0.39 is 6.10 Å². The molecule has 0 radical (unpaired) electrons. The lowest BCUT2D eigenvalue weighted by Crippen LogP contribution is -2.32. The van der Waals surface area contributed by atoms with Gasteiger partial charge >= 0.3 is 0 Å². The van der Waals surface area contributed by atoms with E-state index in [1.807, 2.05) is 6.92 Å². The van der Waals surface area contributed by atoms with E-state index in [0.717, 1.165) is 5.75 Å². The van der Waals surface area contributed by atoms with E-state index in [9.17, 15) is 4.79 Å². The summed E-state index contributed by atoms with van der Waals surface area (Å²) >= 11 is 5.91. The minimum Gasteiger partial charge on any atom is -0.497 e. The molecule has 5 heteroatoms. The third-order valence-corrected chi connectivity index (χ3v) is 3.33. The highest BCUT2D eigenvalue weighted by Gasteiger charge is 2.18. The lowest BCUT2D eigenvalue weighted by atomic mass is 10.2. The SMILES string of the molecule is CC[C@@H](Oc1ccc(OC)cc1)C(=O)Nc1cccc(Cl)c1. The van der Waals surface area contributed by atoms with Crippen LogP contribution in [0.2, 0.25) is 5.02 Å². The topological polar surface area (TPSA) is 47.6 Å². The molecule has 1 N–H and O–H groups in total. The number of anilines is 1. The third kappa shape index (κ3) is 4.40. The van der Waals surface area contributed by atoms with Crippen LogP contribution in [0.3, 0.4) is 0 Å². The Bertz CT molecular complexity index is 628. The normalized spacial score (nSPS) is 11.6. The van der Waals surface area contributed by atoms with Crippen LogP contribution in [-0.4, -0.2) is 19.1 Å². The minimum absolute atomic E-state index is 0.208. The van der Waals surface area contributed by atoms with E-state index in [2.05, 4.69) is 5.32 Å². The van der Waals surface area contributed by atoms with E-state index >= 15 is 0 Å². The standard InChI is InChI=1S/C17H18ClNO3/c1-3-16(22-15-9-7-14(21-2)8-10-15)17(20)19-13-6-4-5-12(18)11-13/h4-11,16H,3H2,1-2H3,(H,19,20)/t16-/m1/s1. The van der Waals surface area contributed by atoms with Crippen LogP contribution in [0.1, 0.15) is 13.3 Å². The number of methoxy groups -OCH3 is 1. The van der Waals surface area contributed by atoms with Crippen molar-refractivity contribution >= 4 is 23.2 Å². The molecule has 0 spiro atoms. The average molecular weight is 320 g/mol. The number of hydrogen-bond acceptors (Lipinski definition) is 3. The number of nitrogens with one attached hydrogen (secondary N) is 1. The summed E-state index contributed by atoms with van der Waals surface area (Å²) in [4.78, 5) is 12.3. The quantitative estimate of drug-likeness (QED) is 0.870. The van der Waals surface area contributed by atoms with Crippen molar-refractivity contribution in [1.82, 2.24) is 0 Å². The summed E-state index contributed by atoms with van der Waals surface area (Å²) in [6.07, 6.45) is -0.0225. The number of carbonyl (C=O) groups excluding carboxylic acids is 1. The Labute approximate surface area is 135 Å². The van der Waals surface area contributed by atoms with Gasteiger partial charge in [-0.05, 0) is 48.9 Å². The Morgan fingerprint density at radius 3 is 2.45 bits per heavy atom. The lowest BCUT2D eigenvalue weighted by molar-refractivity contribution is -0.122. The molecule has 22 heavy (non-hydrogen) atoms. The van der Waals surface area contributed by atoms with Gasteiger partial charge in [0.25, 0.3) is 5.91 Å². The largest absolute Gasteiger partial charge is 0.497 e. The van der Waals surface area contributed by atoms with Crippen LogP contribution in [0.25, 0.3) is 0 Å². The monoisotopic (exact) mass is 319 g/mol. The van der Waals surface area contributed by atoms with Crippen LogP contribution >= 0.6 is 11.6 Å². The zero-order valence-corrected chi connectivity index (χ0v) is 13.3. The number of amides is 1. The van der Waals surface area contributed by atoms with Gasteiger partial charge in [-0.15, -0.1) is 0 Å². The molecule has 1 atom stereocenters. The third-order valence-electron chi connectivity index (χ3n) is 3.09. The summed E-state index contributed by atoms with van der Waals surface area (Å²) < 4.78 is 10.8. The summed E-state index contributed by atoms with van der Waals surface area (Å²) in [5.41, 5.74) is 0.647. The van der Waals surface area contributed by atoms with Crippen LogP contribution < -0.4 is 14.8 Å². The summed E-state index contributed by atoms with van der Waals surface area (Å²) in [6.45, 7) is 1.89. The van der Waals surface area contributed by atoms with E-state index in [0.29, 0.717) is 22.9 Å². The first kappa shape index (κ1) is 16.2. The van der Waals surface area contributed by atoms with Crippen molar-refractivity contribution in [3.63, 3.8) is 0 Å². The van der Waals surface area contributed by atoms with Crippen LogP contribution in [0.5, 0.6) is 11.5 Å². The van der Waals surface area contributed by atoms with Gasteiger partial charge in [-0.25, -0.2) is 0 Å². The molecule has 1 amide bonds. The second-order valence-corrected chi connectivity index (χ2v) is 5.13. The number of rotatable bonds is 6. The Hall–Kier alpha value is -2.20. The highest BCUT2D eigenvalue weighted by Crippen LogP contribution is 2.20. The molecule has 0 heterocycles. The molecule has 2 rings (SSSR count). The number of benzene rings is 2. The van der Waals surface area contributed by atoms with E-state index in [1.54, 1.807) is 55.6 Å². The lowest BCUT2D eigenvalue weighted by Gasteiger charge is -2.17. The fourth-order valence-corrected chi connectivity index (χ4v) is 2.12. The average Bonchev–Trinajstić information content (AvgIpc) is 2.53. The Balaban J connectivity index is 2.02. The van der Waals surface area contributed by atoms with Gasteiger partial charge in [0, 0.05) is 10.7 Å². The van der Waals surface area contributed by atoms with Crippen molar-refractivity contribution in [3.05, 3.63) is 53.6 Å². The van der Waals surface area contributed by atoms with Gasteiger partial charge in [0.1, 0.15) is 11.5 Å². The van der Waals surface area contributed by atoms with E-state index in [-0.39, 0.29) is 5.91 Å². The Kier molecular flexibility index (Phi) is 5.67. The first-order chi connectivity index (χ1) is 10.6. The number of ether oxygens (including phenoxy) is 2. The van der Waals surface area contributed by atoms with Gasteiger partial charge in [0.15, 0.2) is 6.10 Å². The highest BCUT2D eigenvalue weighted by molar-refractivity contribution is 6.30. The van der Waals surface area contributed by atoms with Gasteiger partial charge in [-0.2, -0.15) is 0 Å². The molecule has 2 aromatic rings. The molecule has 0 bridgehead atoms. The molecule has 4 nitrogen and oxygen atoms in total. The van der Waals surface area contributed by atoms with Gasteiger partial charge in [-0.1, -0.05) is 24.6 Å². The van der Waals surface area contributed by atoms with Crippen molar-refractivity contribution in [2.45, 2.75) is 19.4 Å². The number of halogens is 1. The fraction of sp³-hybridized carbons (Fsp3) is 0.235. The number of carbonyl (C=O) groups is 1. The molecule has 0 unspecified atom stereocenters. The van der Waals surface area contributed by atoms with Crippen molar-refractivity contribution < 1.29 is 14.3 Å². The molecule has 116 valence electrons. The molecule has 0 saturated heterocycles. The van der Waals surface area contributed by atoms with Gasteiger partial charge < -0.3 is 14.8 Å². The zero-order valence-electron chi connectivity index (χ0n) is 12.5. The molecular weight excluding hydrogens is 302 g/mol. The highest BCUT2D eigenvalue weighted by atomic mass is 35.5. The van der Waals surface area contributed by atoms with E-state index in [4.69, 9.17) is 21.1 Å². The molecule has 0 aliphatic rings. The van der Waals surface area contributed by atoms with Crippen molar-refractivity contribution in [2.24, 2.45) is 0 Å². The molecule has 0 saturated carbocycles. The smallest absolute Gasteiger partial charge is 0.265 e. The number of hydrogen-bond donors (Lipinski definition) is 1. The summed E-state index contributed by atoms with van der Waals surface area (Å²) in [6, 6.07) is 14.1. The predicted molar refractivity (Wildman–Crippen MR) is 87.8 cm³/mol. The maximum absolute atomic E-state index is 12.3. The van der Waals surface area contributed by atoms with Gasteiger partial charge in [0.2, 0.25) is 0 Å². The van der Waals surface area contributed by atoms with E-state index in [1.165, 1.54) is 0 Å². The maximum atomic E-state index is 12.3. The Morgan fingerprint density at radius 2 is 1.86 bits per heavy atom. The maximum Gasteiger partial charge on any atom is 0.265 e. The van der Waals surface area contributed by atoms with Crippen molar-refractivity contribution in [1.29, 1.82) is 0 Å². The Morgan fingerprint density at radius 1 is 1.18 bits per heavy atom. The van der Waals surface area contributed by atoms with Crippen molar-refractivity contribution in [3.8, 4) is 11.5 Å². The second kappa shape index (κ2) is 7.71. The zero-order chi connectivity index (χ0) is 15.9. The van der Waals surface area contributed by atoms with Crippen LogP contribution in [0.4, 0.5) is 5.69 Å². The summed E-state index contributed by atoms with van der Waals surface area (Å²) in [5, 5.41) is 3.37. The van der Waals surface area contributed by atoms with Crippen LogP contribution in [0.15, 0.2) is 48.5 Å².